The molecule has 0 unspecified atom stereocenters. The van der Waals surface area contributed by atoms with Gasteiger partial charge < -0.3 is 16.2 Å². The van der Waals surface area contributed by atoms with Crippen LogP contribution in [-0.4, -0.2) is 30.2 Å². The van der Waals surface area contributed by atoms with Gasteiger partial charge >= 0.3 is 0 Å². The summed E-state index contributed by atoms with van der Waals surface area (Å²) < 4.78 is 0. The third-order valence-corrected chi connectivity index (χ3v) is 2.65. The Morgan fingerprint density at radius 3 is 2.59 bits per heavy atom. The van der Waals surface area contributed by atoms with Crippen molar-refractivity contribution in [2.45, 2.75) is 25.3 Å². The molecule has 4 nitrogen and oxygen atoms in total. The molecule has 17 heavy (non-hydrogen) atoms. The number of primary amides is 1. The maximum absolute atomic E-state index is 10.8. The van der Waals surface area contributed by atoms with E-state index in [1.807, 2.05) is 18.2 Å². The van der Waals surface area contributed by atoms with Gasteiger partial charge in [0.1, 0.15) is 6.04 Å². The van der Waals surface area contributed by atoms with Gasteiger partial charge in [0.15, 0.2) is 0 Å². The van der Waals surface area contributed by atoms with Gasteiger partial charge in [0, 0.05) is 0 Å². The minimum absolute atomic E-state index is 0.242. The van der Waals surface area contributed by atoms with E-state index in [4.69, 9.17) is 10.8 Å². The molecule has 0 fully saturated rings. The monoisotopic (exact) mass is 236 g/mol. The zero-order chi connectivity index (χ0) is 12.5. The van der Waals surface area contributed by atoms with E-state index in [2.05, 4.69) is 17.4 Å². The molecule has 0 aliphatic heterocycles. The van der Waals surface area contributed by atoms with Gasteiger partial charge in [0.25, 0.3) is 0 Å². The Morgan fingerprint density at radius 2 is 2.00 bits per heavy atom. The number of nitrogens with one attached hydrogen (secondary N) is 1. The van der Waals surface area contributed by atoms with Crippen LogP contribution < -0.4 is 11.1 Å². The number of carbonyl (C=O) groups excluding carboxylic acids is 1. The molecule has 4 N–H and O–H groups in total. The summed E-state index contributed by atoms with van der Waals surface area (Å²) in [5, 5.41) is 11.8. The maximum atomic E-state index is 10.8. The number of rotatable bonds is 8. The number of hydrogen-bond acceptors (Lipinski definition) is 3. The van der Waals surface area contributed by atoms with E-state index in [0.29, 0.717) is 6.54 Å². The van der Waals surface area contributed by atoms with Crippen LogP contribution in [0.25, 0.3) is 0 Å². The molecule has 1 atom stereocenters. The lowest BCUT2D eigenvalue weighted by Crippen LogP contribution is -2.44. The highest BCUT2D eigenvalue weighted by Crippen LogP contribution is 2.03. The van der Waals surface area contributed by atoms with Crippen molar-refractivity contribution in [3.05, 3.63) is 35.9 Å². The van der Waals surface area contributed by atoms with Gasteiger partial charge in [0.05, 0.1) is 6.61 Å². The lowest BCUT2D eigenvalue weighted by molar-refractivity contribution is -0.120. The highest BCUT2D eigenvalue weighted by Gasteiger charge is 2.11. The fourth-order valence-corrected chi connectivity index (χ4v) is 1.63. The average Bonchev–Trinajstić information content (AvgIpc) is 2.34. The predicted molar refractivity (Wildman–Crippen MR) is 67.5 cm³/mol. The van der Waals surface area contributed by atoms with Crippen LogP contribution in [0, 0.1) is 0 Å². The molecule has 0 spiro atoms. The lowest BCUT2D eigenvalue weighted by atomic mass is 10.1. The molecule has 0 radical (unpaired) electrons. The molecule has 1 amide bonds. The van der Waals surface area contributed by atoms with Crippen LogP contribution >= 0.6 is 0 Å². The number of aliphatic hydroxyl groups excluding tert-OH is 1. The number of aliphatic hydroxyl groups is 1. The van der Waals surface area contributed by atoms with Crippen LogP contribution in [0.5, 0.6) is 0 Å². The molecule has 0 heterocycles. The van der Waals surface area contributed by atoms with Crippen LogP contribution in [0.4, 0.5) is 0 Å². The standard InChI is InChI=1S/C13H20N2O2/c14-13(17)12(10-16)15-9-5-4-8-11-6-2-1-3-7-11/h1-3,6-7,12,15-16H,4-5,8-10H2,(H2,14,17)/t12-/m1/s1. The van der Waals surface area contributed by atoms with Gasteiger partial charge in [-0.2, -0.15) is 0 Å². The molecular weight excluding hydrogens is 216 g/mol. The molecule has 0 saturated carbocycles. The fraction of sp³-hybridized carbons (Fsp3) is 0.462. The van der Waals surface area contributed by atoms with Crippen molar-refractivity contribution < 1.29 is 9.90 Å². The summed E-state index contributed by atoms with van der Waals surface area (Å²) in [5.41, 5.74) is 6.41. The Kier molecular flexibility index (Phi) is 6.29. The number of carbonyl (C=O) groups is 1. The molecule has 1 rings (SSSR count). The molecule has 0 saturated heterocycles. The second-order valence-electron chi connectivity index (χ2n) is 4.03. The van der Waals surface area contributed by atoms with Crippen LogP contribution in [0.2, 0.25) is 0 Å². The zero-order valence-corrected chi connectivity index (χ0v) is 9.93. The van der Waals surface area contributed by atoms with E-state index < -0.39 is 11.9 Å². The smallest absolute Gasteiger partial charge is 0.236 e. The summed E-state index contributed by atoms with van der Waals surface area (Å²) in [5.74, 6) is -0.504. The number of unbranched alkanes of at least 4 members (excludes halogenated alkanes) is 1. The Balaban J connectivity index is 2.10. The van der Waals surface area contributed by atoms with E-state index in [-0.39, 0.29) is 6.61 Å². The summed E-state index contributed by atoms with van der Waals surface area (Å²) >= 11 is 0. The molecule has 4 heteroatoms. The molecule has 1 aromatic rings. The number of benzene rings is 1. The molecule has 0 aliphatic rings. The van der Waals surface area contributed by atoms with Crippen LogP contribution in [0.1, 0.15) is 18.4 Å². The SMILES string of the molecule is NC(=O)[C@@H](CO)NCCCCc1ccccc1. The molecule has 1 aromatic carbocycles. The molecular formula is C13H20N2O2. The minimum Gasteiger partial charge on any atom is -0.394 e. The van der Waals surface area contributed by atoms with Crippen molar-refractivity contribution in [2.24, 2.45) is 5.73 Å². The number of hydrogen-bond donors (Lipinski definition) is 3. The normalized spacial score (nSPS) is 12.3. The topological polar surface area (TPSA) is 75.4 Å². The summed E-state index contributed by atoms with van der Waals surface area (Å²) in [7, 11) is 0. The van der Waals surface area contributed by atoms with Crippen molar-refractivity contribution in [2.75, 3.05) is 13.2 Å². The highest BCUT2D eigenvalue weighted by atomic mass is 16.3. The van der Waals surface area contributed by atoms with Gasteiger partial charge in [0.2, 0.25) is 5.91 Å². The van der Waals surface area contributed by atoms with Gasteiger partial charge in [-0.15, -0.1) is 0 Å². The Morgan fingerprint density at radius 1 is 1.29 bits per heavy atom. The van der Waals surface area contributed by atoms with Crippen molar-refractivity contribution in [1.29, 1.82) is 0 Å². The van der Waals surface area contributed by atoms with Crippen molar-refractivity contribution in [3.8, 4) is 0 Å². The van der Waals surface area contributed by atoms with E-state index in [9.17, 15) is 4.79 Å². The quantitative estimate of drug-likeness (QED) is 0.573. The van der Waals surface area contributed by atoms with Crippen molar-refractivity contribution in [1.82, 2.24) is 5.32 Å². The molecule has 0 aliphatic carbocycles. The van der Waals surface area contributed by atoms with Crippen molar-refractivity contribution in [3.63, 3.8) is 0 Å². The first kappa shape index (κ1) is 13.7. The fourth-order valence-electron chi connectivity index (χ4n) is 1.63. The number of amides is 1. The number of nitrogens with two attached hydrogens (primary N) is 1. The second-order valence-corrected chi connectivity index (χ2v) is 4.03. The Bertz CT molecular complexity index is 327. The summed E-state index contributed by atoms with van der Waals surface area (Å²) in [4.78, 5) is 10.8. The van der Waals surface area contributed by atoms with Crippen molar-refractivity contribution >= 4 is 5.91 Å². The molecule has 0 bridgehead atoms. The van der Waals surface area contributed by atoms with Crippen LogP contribution in [0.15, 0.2) is 30.3 Å². The van der Waals surface area contributed by atoms with Gasteiger partial charge in [-0.25, -0.2) is 0 Å². The maximum Gasteiger partial charge on any atom is 0.236 e. The van der Waals surface area contributed by atoms with E-state index in [1.54, 1.807) is 0 Å². The first-order valence-corrected chi connectivity index (χ1v) is 5.91. The third-order valence-electron chi connectivity index (χ3n) is 2.65. The molecule has 0 aromatic heterocycles. The average molecular weight is 236 g/mol. The van der Waals surface area contributed by atoms with Gasteiger partial charge in [-0.05, 0) is 31.4 Å². The number of aryl methyl sites for hydroxylation is 1. The third kappa shape index (κ3) is 5.47. The van der Waals surface area contributed by atoms with Gasteiger partial charge in [-0.1, -0.05) is 30.3 Å². The summed E-state index contributed by atoms with van der Waals surface area (Å²) in [6, 6.07) is 9.65. The van der Waals surface area contributed by atoms with E-state index in [1.165, 1.54) is 5.56 Å². The Labute approximate surface area is 102 Å². The zero-order valence-electron chi connectivity index (χ0n) is 9.93. The lowest BCUT2D eigenvalue weighted by Gasteiger charge is -2.11. The van der Waals surface area contributed by atoms with Crippen LogP contribution in [-0.2, 0) is 11.2 Å². The molecule has 94 valence electrons. The second kappa shape index (κ2) is 7.81. The minimum atomic E-state index is -0.619. The van der Waals surface area contributed by atoms with E-state index in [0.717, 1.165) is 19.3 Å². The van der Waals surface area contributed by atoms with E-state index >= 15 is 0 Å². The largest absolute Gasteiger partial charge is 0.394 e. The summed E-state index contributed by atoms with van der Waals surface area (Å²) in [6.07, 6.45) is 3.04. The Hall–Kier alpha value is -1.39. The predicted octanol–water partition coefficient (Wildman–Crippen LogP) is 0.445. The first-order chi connectivity index (χ1) is 8.24. The summed E-state index contributed by atoms with van der Waals surface area (Å²) in [6.45, 7) is 0.453. The first-order valence-electron chi connectivity index (χ1n) is 5.91. The highest BCUT2D eigenvalue weighted by molar-refractivity contribution is 5.79. The van der Waals surface area contributed by atoms with Crippen LogP contribution in [0.3, 0.4) is 0 Å². The van der Waals surface area contributed by atoms with Gasteiger partial charge in [-0.3, -0.25) is 4.79 Å².